The Morgan fingerprint density at radius 3 is 1.79 bits per heavy atom. The van der Waals surface area contributed by atoms with Crippen molar-refractivity contribution in [1.82, 2.24) is 9.80 Å². The molecule has 0 radical (unpaired) electrons. The Hall–Kier alpha value is -3.61. The van der Waals surface area contributed by atoms with Gasteiger partial charge in [-0.25, -0.2) is 4.79 Å². The van der Waals surface area contributed by atoms with E-state index in [-0.39, 0.29) is 5.57 Å². The summed E-state index contributed by atoms with van der Waals surface area (Å²) in [6.45, 7) is 0.787. The molecule has 4 amide bonds. The van der Waals surface area contributed by atoms with Crippen LogP contribution in [0.25, 0.3) is 6.08 Å². The van der Waals surface area contributed by atoms with Crippen molar-refractivity contribution >= 4 is 23.9 Å². The van der Waals surface area contributed by atoms with Crippen molar-refractivity contribution in [3.8, 4) is 11.5 Å². The second-order valence-electron chi connectivity index (χ2n) is 6.15. The maximum absolute atomic E-state index is 12.2. The molecule has 1 fully saturated rings. The molecule has 0 aromatic heterocycles. The van der Waals surface area contributed by atoms with Gasteiger partial charge in [-0.05, 0) is 35.9 Å². The molecule has 0 bridgehead atoms. The largest absolute Gasteiger partial charge is 0.490 e. The molecule has 1 heterocycles. The molecule has 0 unspecified atom stereocenters. The first-order valence-corrected chi connectivity index (χ1v) is 8.70. The standard InChI is InChI=1S/C21H20N2O5/c1-22-19(24)18(20(25)23(2)21(22)26)14-15-8-10-17(11-9-15)28-13-12-27-16-6-4-3-5-7-16/h3-11,14H,12-13H2,1-2H3. The fraction of sp³-hybridized carbons (Fsp3) is 0.190. The van der Waals surface area contributed by atoms with E-state index in [0.717, 1.165) is 15.5 Å². The van der Waals surface area contributed by atoms with Gasteiger partial charge in [-0.1, -0.05) is 30.3 Å². The zero-order chi connectivity index (χ0) is 20.1. The summed E-state index contributed by atoms with van der Waals surface area (Å²) < 4.78 is 11.2. The topological polar surface area (TPSA) is 76.2 Å². The summed E-state index contributed by atoms with van der Waals surface area (Å²) >= 11 is 0. The van der Waals surface area contributed by atoms with Crippen molar-refractivity contribution in [3.63, 3.8) is 0 Å². The summed E-state index contributed by atoms with van der Waals surface area (Å²) in [6, 6.07) is 15.8. The average molecular weight is 380 g/mol. The van der Waals surface area contributed by atoms with E-state index in [1.807, 2.05) is 30.3 Å². The Bertz CT molecular complexity index is 880. The minimum atomic E-state index is -0.645. The number of urea groups is 1. The molecular weight excluding hydrogens is 360 g/mol. The Morgan fingerprint density at radius 1 is 0.750 bits per heavy atom. The third-order valence-corrected chi connectivity index (χ3v) is 4.20. The summed E-state index contributed by atoms with van der Waals surface area (Å²) in [4.78, 5) is 38.0. The number of para-hydroxylation sites is 1. The van der Waals surface area contributed by atoms with Gasteiger partial charge >= 0.3 is 6.03 Å². The molecule has 1 aliphatic rings. The molecule has 144 valence electrons. The number of nitrogens with zero attached hydrogens (tertiary/aromatic N) is 2. The van der Waals surface area contributed by atoms with Crippen LogP contribution in [0.2, 0.25) is 0 Å². The van der Waals surface area contributed by atoms with Crippen molar-refractivity contribution in [1.29, 1.82) is 0 Å². The summed E-state index contributed by atoms with van der Waals surface area (Å²) in [5.41, 5.74) is 0.593. The smallest absolute Gasteiger partial charge is 0.333 e. The zero-order valence-electron chi connectivity index (χ0n) is 15.6. The maximum atomic E-state index is 12.2. The van der Waals surface area contributed by atoms with Gasteiger partial charge < -0.3 is 9.47 Å². The van der Waals surface area contributed by atoms with E-state index >= 15 is 0 Å². The van der Waals surface area contributed by atoms with Crippen molar-refractivity contribution in [2.75, 3.05) is 27.3 Å². The van der Waals surface area contributed by atoms with Crippen LogP contribution in [0.5, 0.6) is 11.5 Å². The molecule has 7 nitrogen and oxygen atoms in total. The summed E-state index contributed by atoms with van der Waals surface area (Å²) in [5.74, 6) is 0.186. The number of amides is 4. The fourth-order valence-electron chi connectivity index (χ4n) is 2.64. The lowest BCUT2D eigenvalue weighted by Gasteiger charge is -2.28. The first-order chi connectivity index (χ1) is 13.5. The molecule has 0 spiro atoms. The molecule has 2 aromatic rings. The van der Waals surface area contributed by atoms with Crippen LogP contribution in [0.4, 0.5) is 4.79 Å². The lowest BCUT2D eigenvalue weighted by atomic mass is 10.1. The van der Waals surface area contributed by atoms with Crippen LogP contribution in [0.1, 0.15) is 5.56 Å². The van der Waals surface area contributed by atoms with E-state index in [4.69, 9.17) is 9.47 Å². The Balaban J connectivity index is 1.59. The van der Waals surface area contributed by atoms with Crippen molar-refractivity contribution in [3.05, 3.63) is 65.7 Å². The van der Waals surface area contributed by atoms with Gasteiger partial charge in [0.1, 0.15) is 30.3 Å². The predicted molar refractivity (Wildman–Crippen MR) is 103 cm³/mol. The van der Waals surface area contributed by atoms with Gasteiger partial charge in [-0.3, -0.25) is 19.4 Å². The maximum Gasteiger partial charge on any atom is 0.333 e. The molecule has 1 saturated heterocycles. The van der Waals surface area contributed by atoms with E-state index in [1.165, 1.54) is 20.2 Å². The van der Waals surface area contributed by atoms with E-state index in [1.54, 1.807) is 24.3 Å². The summed E-state index contributed by atoms with van der Waals surface area (Å²) in [6.07, 6.45) is 1.46. The van der Waals surface area contributed by atoms with Crippen molar-refractivity contribution in [2.24, 2.45) is 0 Å². The number of benzene rings is 2. The van der Waals surface area contributed by atoms with Gasteiger partial charge in [0, 0.05) is 14.1 Å². The van der Waals surface area contributed by atoms with Gasteiger partial charge in [-0.2, -0.15) is 0 Å². The second-order valence-corrected chi connectivity index (χ2v) is 6.15. The van der Waals surface area contributed by atoms with Crippen LogP contribution in [-0.2, 0) is 9.59 Å². The van der Waals surface area contributed by atoms with E-state index < -0.39 is 17.8 Å². The van der Waals surface area contributed by atoms with Crippen molar-refractivity contribution < 1.29 is 23.9 Å². The highest BCUT2D eigenvalue weighted by Crippen LogP contribution is 2.19. The molecule has 7 heteroatoms. The molecule has 0 saturated carbocycles. The van der Waals surface area contributed by atoms with Gasteiger partial charge in [0.15, 0.2) is 0 Å². The van der Waals surface area contributed by atoms with Crippen LogP contribution in [0, 0.1) is 0 Å². The molecule has 0 aliphatic carbocycles. The van der Waals surface area contributed by atoms with E-state index in [9.17, 15) is 14.4 Å². The number of likely N-dealkylation sites (N-methyl/N-ethyl adjacent to an activating group) is 2. The van der Waals surface area contributed by atoms with Gasteiger partial charge in [0.05, 0.1) is 0 Å². The normalized spacial score (nSPS) is 14.4. The van der Waals surface area contributed by atoms with Crippen LogP contribution in [0.3, 0.4) is 0 Å². The summed E-state index contributed by atoms with van der Waals surface area (Å²) in [7, 11) is 2.69. The molecular formula is C21H20N2O5. The highest BCUT2D eigenvalue weighted by molar-refractivity contribution is 6.30. The van der Waals surface area contributed by atoms with E-state index in [2.05, 4.69) is 0 Å². The average Bonchev–Trinajstić information content (AvgIpc) is 2.73. The Labute approximate surface area is 162 Å². The summed E-state index contributed by atoms with van der Waals surface area (Å²) in [5, 5.41) is 0. The number of hydrogen-bond donors (Lipinski definition) is 0. The van der Waals surface area contributed by atoms with Crippen molar-refractivity contribution in [2.45, 2.75) is 0 Å². The Kier molecular flexibility index (Phi) is 5.74. The molecule has 0 N–H and O–H groups in total. The van der Waals surface area contributed by atoms with Gasteiger partial charge in [0.25, 0.3) is 11.8 Å². The third kappa shape index (κ3) is 4.20. The predicted octanol–water partition coefficient (Wildman–Crippen LogP) is 2.58. The molecule has 1 aliphatic heterocycles. The Morgan fingerprint density at radius 2 is 1.25 bits per heavy atom. The van der Waals surface area contributed by atoms with Gasteiger partial charge in [0.2, 0.25) is 0 Å². The lowest BCUT2D eigenvalue weighted by molar-refractivity contribution is -0.134. The number of carbonyl (C=O) groups excluding carboxylic acids is 3. The van der Waals surface area contributed by atoms with Gasteiger partial charge in [-0.15, -0.1) is 0 Å². The molecule has 2 aromatic carbocycles. The quantitative estimate of drug-likeness (QED) is 0.437. The minimum absolute atomic E-state index is 0.0606. The number of hydrogen-bond acceptors (Lipinski definition) is 5. The fourth-order valence-corrected chi connectivity index (χ4v) is 2.64. The molecule has 3 rings (SSSR count). The third-order valence-electron chi connectivity index (χ3n) is 4.20. The van der Waals surface area contributed by atoms with Crippen LogP contribution in [-0.4, -0.2) is 55.0 Å². The van der Waals surface area contributed by atoms with Crippen LogP contribution < -0.4 is 9.47 Å². The lowest BCUT2D eigenvalue weighted by Crippen LogP contribution is -2.52. The van der Waals surface area contributed by atoms with Crippen LogP contribution >= 0.6 is 0 Å². The second kappa shape index (κ2) is 8.39. The molecule has 28 heavy (non-hydrogen) atoms. The van der Waals surface area contributed by atoms with Crippen LogP contribution in [0.15, 0.2) is 60.2 Å². The zero-order valence-corrected chi connectivity index (χ0v) is 15.6. The number of carbonyl (C=O) groups is 3. The SMILES string of the molecule is CN1C(=O)C(=Cc2ccc(OCCOc3ccccc3)cc2)C(=O)N(C)C1=O. The highest BCUT2D eigenvalue weighted by atomic mass is 16.5. The highest BCUT2D eigenvalue weighted by Gasteiger charge is 2.37. The number of imide groups is 2. The number of ether oxygens (including phenoxy) is 2. The first kappa shape index (κ1) is 19.2. The van der Waals surface area contributed by atoms with E-state index in [0.29, 0.717) is 24.5 Å². The molecule has 0 atom stereocenters. The monoisotopic (exact) mass is 380 g/mol. The number of barbiturate groups is 1. The number of rotatable bonds is 6. The first-order valence-electron chi connectivity index (χ1n) is 8.70. The minimum Gasteiger partial charge on any atom is -0.490 e.